The first-order chi connectivity index (χ1) is 7.20. The van der Waals surface area contributed by atoms with Crippen LogP contribution in [0, 0.1) is 0 Å². The third-order valence-electron chi connectivity index (χ3n) is 2.79. The molecular formula is C10H15N3OS. The summed E-state index contributed by atoms with van der Waals surface area (Å²) >= 11 is 1.94. The molecule has 82 valence electrons. The Bertz CT molecular complexity index is 398. The van der Waals surface area contributed by atoms with Crippen LogP contribution in [0.1, 0.15) is 6.42 Å². The maximum Gasteiger partial charge on any atom is 0.293 e. The number of anilines is 1. The monoisotopic (exact) mass is 225 g/mol. The van der Waals surface area contributed by atoms with Crippen LogP contribution in [-0.4, -0.2) is 34.1 Å². The van der Waals surface area contributed by atoms with Crippen molar-refractivity contribution >= 4 is 17.6 Å². The fraction of sp³-hybridized carbons (Fsp3) is 0.600. The second-order valence-corrected chi connectivity index (χ2v) is 4.95. The van der Waals surface area contributed by atoms with Gasteiger partial charge in [-0.2, -0.15) is 11.8 Å². The molecule has 0 spiro atoms. The molecule has 0 aliphatic carbocycles. The van der Waals surface area contributed by atoms with Gasteiger partial charge in [0.15, 0.2) is 5.82 Å². The maximum atomic E-state index is 11.8. The van der Waals surface area contributed by atoms with Gasteiger partial charge in [0.1, 0.15) is 0 Å². The Morgan fingerprint density at radius 3 is 3.13 bits per heavy atom. The number of nitrogens with zero attached hydrogens (tertiary/aromatic N) is 3. The molecule has 0 radical (unpaired) electrons. The first kappa shape index (κ1) is 10.5. The van der Waals surface area contributed by atoms with Crippen molar-refractivity contribution in [2.45, 2.75) is 12.5 Å². The van der Waals surface area contributed by atoms with Crippen molar-refractivity contribution < 1.29 is 0 Å². The van der Waals surface area contributed by atoms with Gasteiger partial charge in [0, 0.05) is 38.3 Å². The van der Waals surface area contributed by atoms with Gasteiger partial charge in [0.05, 0.1) is 0 Å². The Hall–Kier alpha value is -0.970. The van der Waals surface area contributed by atoms with Crippen LogP contribution in [0.25, 0.3) is 0 Å². The van der Waals surface area contributed by atoms with Gasteiger partial charge < -0.3 is 9.47 Å². The minimum absolute atomic E-state index is 0.0168. The number of hydrogen-bond acceptors (Lipinski definition) is 4. The lowest BCUT2D eigenvalue weighted by molar-refractivity contribution is 0.678. The lowest BCUT2D eigenvalue weighted by Gasteiger charge is -2.24. The molecule has 0 amide bonds. The van der Waals surface area contributed by atoms with Crippen LogP contribution >= 0.6 is 11.8 Å². The minimum Gasteiger partial charge on any atom is -0.351 e. The Morgan fingerprint density at radius 2 is 2.47 bits per heavy atom. The van der Waals surface area contributed by atoms with E-state index in [2.05, 4.69) is 4.98 Å². The van der Waals surface area contributed by atoms with Gasteiger partial charge in [-0.15, -0.1) is 0 Å². The summed E-state index contributed by atoms with van der Waals surface area (Å²) in [5, 5.41) is 0. The summed E-state index contributed by atoms with van der Waals surface area (Å²) in [6.45, 7) is 0. The van der Waals surface area contributed by atoms with Gasteiger partial charge in [0.25, 0.3) is 5.56 Å². The summed E-state index contributed by atoms with van der Waals surface area (Å²) < 4.78 is 1.57. The topological polar surface area (TPSA) is 38.1 Å². The number of aryl methyl sites for hydroxylation is 1. The largest absolute Gasteiger partial charge is 0.351 e. The van der Waals surface area contributed by atoms with Gasteiger partial charge in [0.2, 0.25) is 0 Å². The van der Waals surface area contributed by atoms with E-state index >= 15 is 0 Å². The maximum absolute atomic E-state index is 11.8. The third-order valence-corrected chi connectivity index (χ3v) is 3.93. The highest BCUT2D eigenvalue weighted by Crippen LogP contribution is 2.22. The van der Waals surface area contributed by atoms with Gasteiger partial charge in [-0.25, -0.2) is 4.98 Å². The minimum atomic E-state index is -0.0168. The van der Waals surface area contributed by atoms with E-state index in [0.717, 1.165) is 12.2 Å². The summed E-state index contributed by atoms with van der Waals surface area (Å²) in [6.07, 6.45) is 4.50. The molecule has 4 nitrogen and oxygen atoms in total. The molecule has 0 N–H and O–H groups in total. The standard InChI is InChI=1S/C10H15N3OS/c1-12-5-4-11-9(10(12)14)13(2)8-3-6-15-7-8/h4-5,8H,3,6-7H2,1-2H3. The summed E-state index contributed by atoms with van der Waals surface area (Å²) in [6, 6.07) is 0.456. The second kappa shape index (κ2) is 4.26. The Labute approximate surface area is 93.3 Å². The van der Waals surface area contributed by atoms with E-state index in [9.17, 15) is 4.79 Å². The van der Waals surface area contributed by atoms with Crippen LogP contribution in [0.15, 0.2) is 17.2 Å². The predicted molar refractivity (Wildman–Crippen MR) is 63.6 cm³/mol. The summed E-state index contributed by atoms with van der Waals surface area (Å²) in [4.78, 5) is 18.0. The van der Waals surface area contributed by atoms with Crippen molar-refractivity contribution in [2.24, 2.45) is 7.05 Å². The molecule has 1 saturated heterocycles. The van der Waals surface area contributed by atoms with Crippen LogP contribution < -0.4 is 10.5 Å². The Morgan fingerprint density at radius 1 is 1.67 bits per heavy atom. The van der Waals surface area contributed by atoms with E-state index in [-0.39, 0.29) is 5.56 Å². The summed E-state index contributed by atoms with van der Waals surface area (Å²) in [5.41, 5.74) is -0.0168. The van der Waals surface area contributed by atoms with E-state index in [1.165, 1.54) is 5.75 Å². The van der Waals surface area contributed by atoms with Gasteiger partial charge in [-0.1, -0.05) is 0 Å². The van der Waals surface area contributed by atoms with Crippen molar-refractivity contribution in [1.29, 1.82) is 0 Å². The number of hydrogen-bond donors (Lipinski definition) is 0. The van der Waals surface area contributed by atoms with Crippen LogP contribution in [0.2, 0.25) is 0 Å². The molecule has 1 aromatic rings. The molecule has 0 aromatic carbocycles. The molecule has 15 heavy (non-hydrogen) atoms. The van der Waals surface area contributed by atoms with Crippen molar-refractivity contribution in [2.75, 3.05) is 23.5 Å². The van der Waals surface area contributed by atoms with E-state index in [4.69, 9.17) is 0 Å². The van der Waals surface area contributed by atoms with Crippen molar-refractivity contribution in [3.63, 3.8) is 0 Å². The van der Waals surface area contributed by atoms with E-state index in [1.54, 1.807) is 24.0 Å². The smallest absolute Gasteiger partial charge is 0.293 e. The summed E-state index contributed by atoms with van der Waals surface area (Å²) in [5.74, 6) is 2.84. The SMILES string of the molecule is CN(c1nccn(C)c1=O)C1CCSC1. The van der Waals surface area contributed by atoms with Crippen LogP contribution in [0.4, 0.5) is 5.82 Å². The van der Waals surface area contributed by atoms with Crippen LogP contribution in [0.3, 0.4) is 0 Å². The number of rotatable bonds is 2. The molecule has 1 aliphatic rings. The zero-order chi connectivity index (χ0) is 10.8. The highest BCUT2D eigenvalue weighted by Gasteiger charge is 2.22. The lowest BCUT2D eigenvalue weighted by atomic mass is 10.2. The molecule has 1 atom stereocenters. The fourth-order valence-electron chi connectivity index (χ4n) is 1.73. The molecule has 1 unspecified atom stereocenters. The van der Waals surface area contributed by atoms with Crippen molar-refractivity contribution in [3.8, 4) is 0 Å². The number of aromatic nitrogens is 2. The van der Waals surface area contributed by atoms with Crippen LogP contribution in [-0.2, 0) is 7.05 Å². The molecule has 2 rings (SSSR count). The quantitative estimate of drug-likeness (QED) is 0.743. The first-order valence-corrected chi connectivity index (χ1v) is 6.18. The second-order valence-electron chi connectivity index (χ2n) is 3.80. The zero-order valence-electron chi connectivity index (χ0n) is 9.01. The average molecular weight is 225 g/mol. The van der Waals surface area contributed by atoms with E-state index < -0.39 is 0 Å². The number of thioether (sulfide) groups is 1. The molecule has 5 heteroatoms. The fourth-order valence-corrected chi connectivity index (χ4v) is 2.99. The summed E-state index contributed by atoms with van der Waals surface area (Å²) in [7, 11) is 3.71. The van der Waals surface area contributed by atoms with Crippen LogP contribution in [0.5, 0.6) is 0 Å². The van der Waals surface area contributed by atoms with Crippen molar-refractivity contribution in [1.82, 2.24) is 9.55 Å². The van der Waals surface area contributed by atoms with Gasteiger partial charge >= 0.3 is 0 Å². The molecule has 1 fully saturated rings. The average Bonchev–Trinajstić information content (AvgIpc) is 2.74. The van der Waals surface area contributed by atoms with Gasteiger partial charge in [-0.05, 0) is 12.2 Å². The molecular weight excluding hydrogens is 210 g/mol. The van der Waals surface area contributed by atoms with E-state index in [0.29, 0.717) is 11.9 Å². The van der Waals surface area contributed by atoms with Crippen molar-refractivity contribution in [3.05, 3.63) is 22.7 Å². The third kappa shape index (κ3) is 2.02. The molecule has 0 bridgehead atoms. The van der Waals surface area contributed by atoms with Gasteiger partial charge in [-0.3, -0.25) is 4.79 Å². The molecule has 0 saturated carbocycles. The van der Waals surface area contributed by atoms with E-state index in [1.807, 2.05) is 23.7 Å². The molecule has 1 aliphatic heterocycles. The Kier molecular flexibility index (Phi) is 3.00. The highest BCUT2D eigenvalue weighted by molar-refractivity contribution is 7.99. The molecule has 2 heterocycles. The Balaban J connectivity index is 2.28. The predicted octanol–water partition coefficient (Wildman–Crippen LogP) is 0.722. The molecule has 1 aromatic heterocycles. The normalized spacial score (nSPS) is 20.5. The first-order valence-electron chi connectivity index (χ1n) is 5.02. The lowest BCUT2D eigenvalue weighted by Crippen LogP contribution is -2.37. The zero-order valence-corrected chi connectivity index (χ0v) is 9.83. The highest BCUT2D eigenvalue weighted by atomic mass is 32.2.